The number of nitrogens with zero attached hydrogens (tertiary/aromatic N) is 3. The van der Waals surface area contributed by atoms with Crippen LogP contribution < -0.4 is 26.4 Å². The maximum absolute atomic E-state index is 14.7. The fraction of sp³-hybridized carbons (Fsp3) is 0.661. The van der Waals surface area contributed by atoms with Crippen molar-refractivity contribution in [3.05, 3.63) is 59.7 Å². The molecule has 2 heterocycles. The summed E-state index contributed by atoms with van der Waals surface area (Å²) in [6.07, 6.45) is -11.3. The van der Waals surface area contributed by atoms with Gasteiger partial charge in [0.2, 0.25) is 35.8 Å². The molecule has 2 fully saturated rings. The van der Waals surface area contributed by atoms with Crippen LogP contribution in [0.2, 0.25) is 0 Å². The standard InChI is InChI=1S/C56H87N7O17/c1-13-31(6)44(39(76-11)27-41(65)63-25-17-20-37(63)49(77-12)32(7)51(70)58-33(8)45(66)35-18-15-14-16-19-35)61(9)53(72)42(29(2)3)60-52(71)43(30(4)5)62(10)56(75)78-28-34-21-22-38(36(26-34)59-40(64)23-24-57)79-55-48(69)46(67)47(68)50(80-55)54(73)74/h14-16,18-19,21-22,26,29-33,37,39,42-50,55,66-69H,13,17,20,23-25,27-28,57H2,1-12H3,(H,58,70)(H,59,64)(H,60,71)(H,73,74)/t31?,32?,33?,37?,39?,42?,43?,44?,45?,46-,47-,48+,49?,50-,55-/m0/s1. The zero-order valence-electron chi connectivity index (χ0n) is 48.1. The van der Waals surface area contributed by atoms with Crippen molar-refractivity contribution < 1.29 is 82.8 Å². The van der Waals surface area contributed by atoms with Gasteiger partial charge in [-0.15, -0.1) is 0 Å². The molecule has 0 spiro atoms. The van der Waals surface area contributed by atoms with Gasteiger partial charge < -0.3 is 80.7 Å². The Morgan fingerprint density at radius 2 is 1.51 bits per heavy atom. The normalized spacial score (nSPS) is 22.6. The van der Waals surface area contributed by atoms with Crippen LogP contribution in [0.4, 0.5) is 10.5 Å². The van der Waals surface area contributed by atoms with Crippen molar-refractivity contribution in [2.75, 3.05) is 46.7 Å². The minimum atomic E-state index is -1.97. The van der Waals surface area contributed by atoms with Crippen LogP contribution >= 0.6 is 0 Å². The summed E-state index contributed by atoms with van der Waals surface area (Å²) >= 11 is 0. The molecular formula is C56H87N7O17. The van der Waals surface area contributed by atoms with Gasteiger partial charge in [0, 0.05) is 47.8 Å². The lowest BCUT2D eigenvalue weighted by Crippen LogP contribution is -2.61. The van der Waals surface area contributed by atoms with E-state index in [2.05, 4.69) is 16.0 Å². The van der Waals surface area contributed by atoms with Crippen LogP contribution in [-0.4, -0.2) is 196 Å². The van der Waals surface area contributed by atoms with Crippen molar-refractivity contribution in [3.8, 4) is 5.75 Å². The van der Waals surface area contributed by atoms with Crippen molar-refractivity contribution >= 4 is 47.3 Å². The van der Waals surface area contributed by atoms with Crippen molar-refractivity contribution in [2.24, 2.45) is 29.4 Å². The third-order valence-corrected chi connectivity index (χ3v) is 15.2. The van der Waals surface area contributed by atoms with Gasteiger partial charge in [-0.25, -0.2) is 9.59 Å². The topological polar surface area (TPSA) is 339 Å². The molecule has 2 aliphatic heterocycles. The fourth-order valence-corrected chi connectivity index (χ4v) is 10.4. The first-order valence-corrected chi connectivity index (χ1v) is 27.3. The average Bonchev–Trinajstić information content (AvgIpc) is 3.91. The smallest absolute Gasteiger partial charge is 0.410 e. The molecule has 24 nitrogen and oxygen atoms in total. The molecule has 6 amide bonds. The summed E-state index contributed by atoms with van der Waals surface area (Å²) in [6, 6.07) is 9.20. The Hall–Kier alpha value is -5.99. The first kappa shape index (κ1) is 66.5. The number of rotatable bonds is 28. The average molecular weight is 1130 g/mol. The molecule has 0 saturated carbocycles. The molecular weight excluding hydrogens is 1040 g/mol. The lowest BCUT2D eigenvalue weighted by Gasteiger charge is -2.41. The van der Waals surface area contributed by atoms with Gasteiger partial charge >= 0.3 is 12.1 Å². The van der Waals surface area contributed by atoms with Crippen molar-refractivity contribution in [3.63, 3.8) is 0 Å². The summed E-state index contributed by atoms with van der Waals surface area (Å²) < 4.78 is 28.6. The zero-order chi connectivity index (χ0) is 59.9. The van der Waals surface area contributed by atoms with E-state index in [-0.39, 0.29) is 48.6 Å². The van der Waals surface area contributed by atoms with Gasteiger partial charge in [0.05, 0.1) is 54.5 Å². The number of hydrogen-bond donors (Lipinski definition) is 9. The van der Waals surface area contributed by atoms with E-state index in [1.807, 2.05) is 32.0 Å². The molecule has 2 saturated heterocycles. The summed E-state index contributed by atoms with van der Waals surface area (Å²) in [7, 11) is 5.97. The number of aliphatic hydroxyl groups excluding tert-OH is 4. The molecule has 15 atom stereocenters. The molecule has 448 valence electrons. The Balaban J connectivity index is 1.47. The highest BCUT2D eigenvalue weighted by Crippen LogP contribution is 2.33. The number of anilines is 1. The Morgan fingerprint density at radius 1 is 0.850 bits per heavy atom. The first-order chi connectivity index (χ1) is 37.7. The van der Waals surface area contributed by atoms with Gasteiger partial charge in [-0.3, -0.25) is 28.9 Å². The monoisotopic (exact) mass is 1130 g/mol. The summed E-state index contributed by atoms with van der Waals surface area (Å²) in [5, 5.41) is 59.8. The second kappa shape index (κ2) is 30.7. The molecule has 2 aromatic rings. The van der Waals surface area contributed by atoms with Gasteiger partial charge in [-0.1, -0.05) is 91.3 Å². The highest BCUT2D eigenvalue weighted by Gasteiger charge is 2.49. The SMILES string of the molecule is CCC(C)C(C(CC(=O)N1CCCC1C(OC)C(C)C(=O)NC(C)C(O)c1ccccc1)OC)N(C)C(=O)C(NC(=O)C(C(C)C)N(C)C(=O)OCc1ccc(O[C@H]2O[C@H](C(=O)O)[C@@H](O)[C@H](O)[C@H]2O)c(NC(=O)CCN)c1)C(C)C. The highest BCUT2D eigenvalue weighted by atomic mass is 16.7. The zero-order valence-corrected chi connectivity index (χ0v) is 48.1. The molecule has 10 N–H and O–H groups in total. The molecule has 2 aliphatic rings. The van der Waals surface area contributed by atoms with E-state index < -0.39 is 133 Å². The molecule has 0 radical (unpaired) electrons. The van der Waals surface area contributed by atoms with E-state index >= 15 is 0 Å². The van der Waals surface area contributed by atoms with Crippen LogP contribution in [-0.2, 0) is 54.3 Å². The quantitative estimate of drug-likeness (QED) is 0.0589. The van der Waals surface area contributed by atoms with Crippen LogP contribution in [0.25, 0.3) is 0 Å². The van der Waals surface area contributed by atoms with E-state index in [1.165, 1.54) is 44.4 Å². The molecule has 0 bridgehead atoms. The maximum Gasteiger partial charge on any atom is 0.410 e. The van der Waals surface area contributed by atoms with E-state index in [0.29, 0.717) is 36.9 Å². The summed E-state index contributed by atoms with van der Waals surface area (Å²) in [5.41, 5.74) is 6.50. The van der Waals surface area contributed by atoms with Gasteiger partial charge in [-0.05, 0) is 60.8 Å². The number of benzene rings is 2. The fourth-order valence-electron chi connectivity index (χ4n) is 10.4. The van der Waals surface area contributed by atoms with Crippen LogP contribution in [0.5, 0.6) is 5.75 Å². The van der Waals surface area contributed by atoms with Crippen LogP contribution in [0.15, 0.2) is 48.5 Å². The number of hydrogen-bond acceptors (Lipinski definition) is 17. The minimum Gasteiger partial charge on any atom is -0.479 e. The Bertz CT molecular complexity index is 2380. The number of aliphatic hydroxyl groups is 4. The third kappa shape index (κ3) is 16.8. The van der Waals surface area contributed by atoms with Gasteiger partial charge in [-0.2, -0.15) is 0 Å². The number of likely N-dealkylation sites (tertiary alicyclic amines) is 1. The Labute approximate surface area is 468 Å². The lowest BCUT2D eigenvalue weighted by atomic mass is 9.89. The predicted molar refractivity (Wildman–Crippen MR) is 292 cm³/mol. The minimum absolute atomic E-state index is 0.0190. The number of methoxy groups -OCH3 is 2. The lowest BCUT2D eigenvalue weighted by molar-refractivity contribution is -0.271. The number of carbonyl (C=O) groups excluding carboxylic acids is 6. The molecule has 0 aliphatic carbocycles. The predicted octanol–water partition coefficient (Wildman–Crippen LogP) is 2.14. The molecule has 10 unspecified atom stereocenters. The molecule has 0 aromatic heterocycles. The number of nitrogens with two attached hydrogens (primary N) is 1. The van der Waals surface area contributed by atoms with Crippen molar-refractivity contribution in [2.45, 2.75) is 173 Å². The number of carboxylic acid groups (broad SMARTS) is 1. The molecule has 80 heavy (non-hydrogen) atoms. The highest BCUT2D eigenvalue weighted by molar-refractivity contribution is 5.93. The third-order valence-electron chi connectivity index (χ3n) is 15.2. The van der Waals surface area contributed by atoms with E-state index in [4.69, 9.17) is 29.4 Å². The second-order valence-electron chi connectivity index (χ2n) is 21.6. The van der Waals surface area contributed by atoms with Crippen LogP contribution in [0.1, 0.15) is 105 Å². The first-order valence-electron chi connectivity index (χ1n) is 27.3. The van der Waals surface area contributed by atoms with Gasteiger partial charge in [0.1, 0.15) is 42.8 Å². The van der Waals surface area contributed by atoms with Crippen LogP contribution in [0, 0.1) is 23.7 Å². The van der Waals surface area contributed by atoms with Gasteiger partial charge in [0.25, 0.3) is 0 Å². The summed E-state index contributed by atoms with van der Waals surface area (Å²) in [6.45, 7) is 14.4. The van der Waals surface area contributed by atoms with Crippen LogP contribution in [0.3, 0.4) is 0 Å². The number of ether oxygens (including phenoxy) is 5. The second-order valence-corrected chi connectivity index (χ2v) is 21.6. The Morgan fingerprint density at radius 3 is 2.09 bits per heavy atom. The Kier molecular flexibility index (Phi) is 25.5. The van der Waals surface area contributed by atoms with E-state index in [1.54, 1.807) is 65.6 Å². The number of nitrogens with one attached hydrogen (secondary N) is 3. The number of likely N-dealkylation sites (N-methyl/N-ethyl adjacent to an activating group) is 2. The van der Waals surface area contributed by atoms with Crippen molar-refractivity contribution in [1.29, 1.82) is 0 Å². The molecule has 24 heteroatoms. The van der Waals surface area contributed by atoms with Crippen molar-refractivity contribution in [1.82, 2.24) is 25.3 Å². The summed E-state index contributed by atoms with van der Waals surface area (Å²) in [5.74, 6) is -5.83. The number of amides is 6. The number of carbonyl (C=O) groups is 7. The largest absolute Gasteiger partial charge is 0.479 e. The molecule has 2 aromatic carbocycles. The maximum atomic E-state index is 14.7. The van der Waals surface area contributed by atoms with E-state index in [9.17, 15) is 59.1 Å². The van der Waals surface area contributed by atoms with E-state index in [0.717, 1.165) is 4.90 Å². The molecule has 4 rings (SSSR count). The number of carboxylic acids is 1. The summed E-state index contributed by atoms with van der Waals surface area (Å²) in [4.78, 5) is 99.7. The number of aliphatic carboxylic acids is 1. The van der Waals surface area contributed by atoms with Gasteiger partial charge in [0.15, 0.2) is 6.10 Å².